The van der Waals surface area contributed by atoms with Crippen LogP contribution in [0.5, 0.6) is 0 Å². The molecule has 1 saturated carbocycles. The molecule has 0 aromatic heterocycles. The van der Waals surface area contributed by atoms with Gasteiger partial charge in [-0.1, -0.05) is 6.42 Å². The molecule has 3 aliphatic rings. The maximum Gasteiger partial charge on any atom is 0.0218 e. The van der Waals surface area contributed by atoms with E-state index in [-0.39, 0.29) is 0 Å². The van der Waals surface area contributed by atoms with Crippen molar-refractivity contribution < 1.29 is 0 Å². The van der Waals surface area contributed by atoms with Gasteiger partial charge in [-0.2, -0.15) is 0 Å². The third-order valence-electron chi connectivity index (χ3n) is 5.47. The van der Waals surface area contributed by atoms with Crippen LogP contribution in [0.25, 0.3) is 0 Å². The number of likely N-dealkylation sites (tertiary alicyclic amines) is 1. The van der Waals surface area contributed by atoms with Crippen LogP contribution in [0.15, 0.2) is 0 Å². The van der Waals surface area contributed by atoms with Crippen molar-refractivity contribution in [2.75, 3.05) is 26.7 Å². The second kappa shape index (κ2) is 5.89. The number of nitrogens with one attached hydrogen (secondary N) is 2. The molecule has 2 aliphatic heterocycles. The van der Waals surface area contributed by atoms with E-state index in [1.807, 2.05) is 0 Å². The third-order valence-corrected chi connectivity index (χ3v) is 5.47. The van der Waals surface area contributed by atoms with E-state index in [1.54, 1.807) is 0 Å². The van der Waals surface area contributed by atoms with Crippen LogP contribution in [-0.2, 0) is 0 Å². The van der Waals surface area contributed by atoms with Gasteiger partial charge in [0.05, 0.1) is 0 Å². The van der Waals surface area contributed by atoms with Crippen LogP contribution in [0.4, 0.5) is 0 Å². The maximum absolute atomic E-state index is 3.90. The molecule has 0 aromatic carbocycles. The van der Waals surface area contributed by atoms with Crippen LogP contribution in [-0.4, -0.2) is 49.7 Å². The second-order valence-electron chi connectivity index (χ2n) is 6.59. The highest BCUT2D eigenvalue weighted by atomic mass is 15.2. The summed E-state index contributed by atoms with van der Waals surface area (Å²) in [6, 6.07) is 2.39. The van der Waals surface area contributed by atoms with Crippen molar-refractivity contribution >= 4 is 0 Å². The molecule has 0 spiro atoms. The number of hydrogen-bond donors (Lipinski definition) is 2. The molecule has 0 amide bonds. The van der Waals surface area contributed by atoms with Crippen molar-refractivity contribution in [3.05, 3.63) is 0 Å². The van der Waals surface area contributed by atoms with Gasteiger partial charge in [-0.15, -0.1) is 0 Å². The summed E-state index contributed by atoms with van der Waals surface area (Å²) in [5.74, 6) is 0.902. The van der Waals surface area contributed by atoms with Gasteiger partial charge in [-0.3, -0.25) is 0 Å². The van der Waals surface area contributed by atoms with E-state index < -0.39 is 0 Å². The van der Waals surface area contributed by atoms with E-state index >= 15 is 0 Å². The van der Waals surface area contributed by atoms with E-state index in [0.29, 0.717) is 0 Å². The molecular weight excluding hydrogens is 222 g/mol. The Labute approximate surface area is 112 Å². The largest absolute Gasteiger partial charge is 0.314 e. The summed E-state index contributed by atoms with van der Waals surface area (Å²) in [6.07, 6.45) is 9.85. The number of rotatable bonds is 4. The topological polar surface area (TPSA) is 27.3 Å². The molecule has 4 unspecified atom stereocenters. The summed E-state index contributed by atoms with van der Waals surface area (Å²) < 4.78 is 0. The van der Waals surface area contributed by atoms with E-state index in [1.165, 1.54) is 64.6 Å². The first-order valence-corrected chi connectivity index (χ1v) is 8.01. The van der Waals surface area contributed by atoms with Crippen LogP contribution in [0.1, 0.15) is 44.9 Å². The number of hydrogen-bond acceptors (Lipinski definition) is 3. The molecule has 18 heavy (non-hydrogen) atoms. The summed E-state index contributed by atoms with van der Waals surface area (Å²) in [7, 11) is 2.28. The van der Waals surface area contributed by atoms with Crippen molar-refractivity contribution in [1.82, 2.24) is 15.5 Å². The van der Waals surface area contributed by atoms with Gasteiger partial charge in [0.15, 0.2) is 0 Å². The third kappa shape index (κ3) is 2.73. The van der Waals surface area contributed by atoms with Crippen LogP contribution < -0.4 is 10.6 Å². The fourth-order valence-electron chi connectivity index (χ4n) is 4.33. The SMILES string of the molecule is CN1CCCC1CNC1CCCC1C1CCCN1. The minimum absolute atomic E-state index is 0.787. The van der Waals surface area contributed by atoms with Crippen LogP contribution in [0.3, 0.4) is 0 Å². The molecule has 3 fully saturated rings. The average molecular weight is 251 g/mol. The van der Waals surface area contributed by atoms with Gasteiger partial charge >= 0.3 is 0 Å². The Hall–Kier alpha value is -0.120. The van der Waals surface area contributed by atoms with Crippen molar-refractivity contribution in [3.8, 4) is 0 Å². The fraction of sp³-hybridized carbons (Fsp3) is 1.00. The summed E-state index contributed by atoms with van der Waals surface area (Å²) in [5, 5.41) is 7.61. The first-order valence-electron chi connectivity index (χ1n) is 8.01. The van der Waals surface area contributed by atoms with E-state index in [9.17, 15) is 0 Å². The number of likely N-dealkylation sites (N-methyl/N-ethyl adjacent to an activating group) is 1. The van der Waals surface area contributed by atoms with Gasteiger partial charge in [-0.25, -0.2) is 0 Å². The summed E-state index contributed by atoms with van der Waals surface area (Å²) in [5.41, 5.74) is 0. The van der Waals surface area contributed by atoms with Gasteiger partial charge in [0.1, 0.15) is 0 Å². The Bertz CT molecular complexity index is 262. The quantitative estimate of drug-likeness (QED) is 0.794. The second-order valence-corrected chi connectivity index (χ2v) is 6.59. The van der Waals surface area contributed by atoms with Crippen molar-refractivity contribution in [2.45, 2.75) is 63.1 Å². The first-order chi connectivity index (χ1) is 8.84. The molecule has 0 bridgehead atoms. The highest BCUT2D eigenvalue weighted by Gasteiger charge is 2.35. The smallest absolute Gasteiger partial charge is 0.0218 e. The highest BCUT2D eigenvalue weighted by Crippen LogP contribution is 2.32. The summed E-state index contributed by atoms with van der Waals surface area (Å²) in [4.78, 5) is 2.53. The van der Waals surface area contributed by atoms with Gasteiger partial charge in [0.2, 0.25) is 0 Å². The average Bonchev–Trinajstić information content (AvgIpc) is 3.07. The predicted octanol–water partition coefficient (Wildman–Crippen LogP) is 1.59. The Balaban J connectivity index is 1.48. The lowest BCUT2D eigenvalue weighted by Crippen LogP contribution is -2.46. The zero-order valence-electron chi connectivity index (χ0n) is 11.8. The Morgan fingerprint density at radius 2 is 2.06 bits per heavy atom. The predicted molar refractivity (Wildman–Crippen MR) is 75.8 cm³/mol. The zero-order valence-corrected chi connectivity index (χ0v) is 11.8. The molecule has 0 aromatic rings. The molecule has 1 aliphatic carbocycles. The molecule has 104 valence electrons. The van der Waals surface area contributed by atoms with Crippen LogP contribution in [0, 0.1) is 5.92 Å². The summed E-state index contributed by atoms with van der Waals surface area (Å²) >= 11 is 0. The van der Waals surface area contributed by atoms with Crippen molar-refractivity contribution in [1.29, 1.82) is 0 Å². The molecular formula is C15H29N3. The number of nitrogens with zero attached hydrogens (tertiary/aromatic N) is 1. The maximum atomic E-state index is 3.90. The van der Waals surface area contributed by atoms with Crippen LogP contribution >= 0.6 is 0 Å². The van der Waals surface area contributed by atoms with Crippen LogP contribution in [0.2, 0.25) is 0 Å². The lowest BCUT2D eigenvalue weighted by atomic mass is 9.93. The van der Waals surface area contributed by atoms with E-state index in [4.69, 9.17) is 0 Å². The lowest BCUT2D eigenvalue weighted by Gasteiger charge is -2.29. The molecule has 2 N–H and O–H groups in total. The summed E-state index contributed by atoms with van der Waals surface area (Å²) in [6.45, 7) is 3.76. The Kier molecular flexibility index (Phi) is 4.22. The molecule has 3 nitrogen and oxygen atoms in total. The fourth-order valence-corrected chi connectivity index (χ4v) is 4.33. The lowest BCUT2D eigenvalue weighted by molar-refractivity contribution is 0.264. The Morgan fingerprint density at radius 1 is 1.11 bits per heavy atom. The molecule has 3 heteroatoms. The van der Waals surface area contributed by atoms with E-state index in [0.717, 1.165) is 24.0 Å². The molecule has 2 heterocycles. The minimum Gasteiger partial charge on any atom is -0.314 e. The monoisotopic (exact) mass is 251 g/mol. The normalized spacial score (nSPS) is 41.8. The van der Waals surface area contributed by atoms with Crippen molar-refractivity contribution in [2.24, 2.45) is 5.92 Å². The van der Waals surface area contributed by atoms with E-state index in [2.05, 4.69) is 22.6 Å². The van der Waals surface area contributed by atoms with Gasteiger partial charge < -0.3 is 15.5 Å². The minimum atomic E-state index is 0.787. The highest BCUT2D eigenvalue weighted by molar-refractivity contribution is 4.94. The molecule has 0 radical (unpaired) electrons. The Morgan fingerprint density at radius 3 is 2.78 bits per heavy atom. The van der Waals surface area contributed by atoms with Crippen molar-refractivity contribution in [3.63, 3.8) is 0 Å². The standard InChI is InChI=1S/C15H29N3/c1-18-10-4-5-12(18)11-17-15-7-2-6-13(15)14-8-3-9-16-14/h12-17H,2-11H2,1H3. The molecule has 3 rings (SSSR count). The van der Waals surface area contributed by atoms with Gasteiger partial charge in [-0.05, 0) is 64.6 Å². The molecule has 2 saturated heterocycles. The van der Waals surface area contributed by atoms with Gasteiger partial charge in [0.25, 0.3) is 0 Å². The molecule has 4 atom stereocenters. The zero-order chi connectivity index (χ0) is 12.4. The van der Waals surface area contributed by atoms with Gasteiger partial charge in [0, 0.05) is 24.7 Å². The first kappa shape index (κ1) is 12.9.